The predicted molar refractivity (Wildman–Crippen MR) is 60.7 cm³/mol. The van der Waals surface area contributed by atoms with Crippen molar-refractivity contribution in [1.82, 2.24) is 0 Å². The molecule has 1 aromatic rings. The van der Waals surface area contributed by atoms with Crippen LogP contribution < -0.4 is 10.5 Å². The summed E-state index contributed by atoms with van der Waals surface area (Å²) in [4.78, 5) is 0. The minimum Gasteiger partial charge on any atom is -0.496 e. The van der Waals surface area contributed by atoms with Crippen molar-refractivity contribution in [3.63, 3.8) is 0 Å². The van der Waals surface area contributed by atoms with Crippen LogP contribution in [-0.4, -0.2) is 13.2 Å². The Kier molecular flexibility index (Phi) is 4.17. The summed E-state index contributed by atoms with van der Waals surface area (Å²) < 4.78 is 42.7. The van der Waals surface area contributed by atoms with Crippen LogP contribution in [0.2, 0.25) is 0 Å². The Hall–Kier alpha value is -1.49. The van der Waals surface area contributed by atoms with Gasteiger partial charge in [-0.1, -0.05) is 18.2 Å². The van der Waals surface area contributed by atoms with Crippen molar-refractivity contribution in [2.24, 2.45) is 5.73 Å². The van der Waals surface area contributed by atoms with Crippen molar-refractivity contribution in [3.05, 3.63) is 35.4 Å². The molecule has 5 heteroatoms. The lowest BCUT2D eigenvalue weighted by Crippen LogP contribution is -2.10. The van der Waals surface area contributed by atoms with Crippen molar-refractivity contribution >= 4 is 6.08 Å². The smallest absolute Gasteiger partial charge is 0.419 e. The Bertz CT molecular complexity index is 411. The van der Waals surface area contributed by atoms with Crippen LogP contribution in [0.1, 0.15) is 18.1 Å². The number of hydrogen-bond donors (Lipinski definition) is 1. The highest BCUT2D eigenvalue weighted by molar-refractivity contribution is 5.54. The number of methoxy groups -OCH3 is 1. The maximum atomic E-state index is 12.7. The summed E-state index contributed by atoms with van der Waals surface area (Å²) in [5, 5.41) is 0. The molecule has 1 aromatic carbocycles. The third kappa shape index (κ3) is 3.78. The zero-order chi connectivity index (χ0) is 13.1. The van der Waals surface area contributed by atoms with E-state index in [2.05, 4.69) is 4.74 Å². The lowest BCUT2D eigenvalue weighted by Gasteiger charge is -2.12. The summed E-state index contributed by atoms with van der Waals surface area (Å²) in [7, 11) is 1.21. The normalized spacial score (nSPS) is 14.0. The molecular weight excluding hydrogens is 231 g/mol. The highest BCUT2D eigenvalue weighted by atomic mass is 19.4. The second-order valence-electron chi connectivity index (χ2n) is 3.68. The first-order valence-corrected chi connectivity index (χ1v) is 5.03. The van der Waals surface area contributed by atoms with Gasteiger partial charge in [0.15, 0.2) is 0 Å². The molecule has 1 atom stereocenters. The largest absolute Gasteiger partial charge is 0.496 e. The van der Waals surface area contributed by atoms with Crippen LogP contribution in [0.4, 0.5) is 13.2 Å². The molecule has 2 nitrogen and oxygen atoms in total. The van der Waals surface area contributed by atoms with E-state index < -0.39 is 11.7 Å². The number of ether oxygens (including phenoxy) is 1. The van der Waals surface area contributed by atoms with Crippen molar-refractivity contribution in [3.8, 4) is 5.75 Å². The molecule has 2 N–H and O–H groups in total. The van der Waals surface area contributed by atoms with E-state index in [0.717, 1.165) is 6.07 Å². The molecular formula is C12H14F3NO. The van der Waals surface area contributed by atoms with Gasteiger partial charge in [-0.15, -0.1) is 0 Å². The SMILES string of the molecule is COc1ccc(/C=C/C(C)N)cc1C(F)(F)F. The Labute approximate surface area is 97.9 Å². The molecule has 0 aromatic heterocycles. The van der Waals surface area contributed by atoms with Gasteiger partial charge in [-0.25, -0.2) is 0 Å². The molecule has 0 fully saturated rings. The molecule has 0 bridgehead atoms. The Morgan fingerprint density at radius 1 is 1.35 bits per heavy atom. The number of nitrogens with two attached hydrogens (primary N) is 1. The summed E-state index contributed by atoms with van der Waals surface area (Å²) in [5.74, 6) is -0.185. The third-order valence-corrected chi connectivity index (χ3v) is 2.12. The lowest BCUT2D eigenvalue weighted by atomic mass is 10.1. The van der Waals surface area contributed by atoms with Gasteiger partial charge in [0.1, 0.15) is 5.75 Å². The van der Waals surface area contributed by atoms with Crippen molar-refractivity contribution in [2.75, 3.05) is 7.11 Å². The molecule has 0 aliphatic heterocycles. The monoisotopic (exact) mass is 245 g/mol. The molecule has 0 saturated heterocycles. The van der Waals surface area contributed by atoms with E-state index in [0.29, 0.717) is 5.56 Å². The molecule has 0 aliphatic carbocycles. The first kappa shape index (κ1) is 13.6. The molecule has 1 unspecified atom stereocenters. The zero-order valence-corrected chi connectivity index (χ0v) is 9.58. The molecule has 1 rings (SSSR count). The topological polar surface area (TPSA) is 35.2 Å². The molecule has 0 aliphatic rings. The summed E-state index contributed by atoms with van der Waals surface area (Å²) in [6.07, 6.45) is -1.25. The fourth-order valence-corrected chi connectivity index (χ4v) is 1.31. The number of halogens is 3. The quantitative estimate of drug-likeness (QED) is 0.888. The first-order chi connectivity index (χ1) is 7.84. The average molecular weight is 245 g/mol. The van der Waals surface area contributed by atoms with Crippen LogP contribution in [-0.2, 0) is 6.18 Å². The fourth-order valence-electron chi connectivity index (χ4n) is 1.31. The molecule has 0 heterocycles. The number of alkyl halides is 3. The number of rotatable bonds is 3. The highest BCUT2D eigenvalue weighted by Gasteiger charge is 2.34. The first-order valence-electron chi connectivity index (χ1n) is 5.03. The average Bonchev–Trinajstić information content (AvgIpc) is 2.24. The van der Waals surface area contributed by atoms with Crippen LogP contribution >= 0.6 is 0 Å². The Morgan fingerprint density at radius 2 is 2.00 bits per heavy atom. The van der Waals surface area contributed by atoms with Gasteiger partial charge in [0.2, 0.25) is 0 Å². The fraction of sp³-hybridized carbons (Fsp3) is 0.333. The van der Waals surface area contributed by atoms with E-state index in [1.54, 1.807) is 25.1 Å². The minimum absolute atomic E-state index is 0.185. The Balaban J connectivity index is 3.14. The van der Waals surface area contributed by atoms with Crippen LogP contribution in [0.25, 0.3) is 6.08 Å². The lowest BCUT2D eigenvalue weighted by molar-refractivity contribution is -0.138. The van der Waals surface area contributed by atoms with E-state index in [1.807, 2.05) is 0 Å². The summed E-state index contributed by atoms with van der Waals surface area (Å²) in [5.41, 5.74) is 5.14. The van der Waals surface area contributed by atoms with Gasteiger partial charge in [0.25, 0.3) is 0 Å². The van der Waals surface area contributed by atoms with E-state index in [9.17, 15) is 13.2 Å². The Morgan fingerprint density at radius 3 is 2.47 bits per heavy atom. The maximum absolute atomic E-state index is 12.7. The standard InChI is InChI=1S/C12H14F3NO/c1-8(16)3-4-9-5-6-11(17-2)10(7-9)12(13,14)15/h3-8H,16H2,1-2H3/b4-3+. The van der Waals surface area contributed by atoms with Crippen LogP contribution in [0.15, 0.2) is 24.3 Å². The van der Waals surface area contributed by atoms with E-state index in [1.165, 1.54) is 13.2 Å². The van der Waals surface area contributed by atoms with E-state index in [-0.39, 0.29) is 11.8 Å². The van der Waals surface area contributed by atoms with Crippen LogP contribution in [0.5, 0.6) is 5.75 Å². The summed E-state index contributed by atoms with van der Waals surface area (Å²) >= 11 is 0. The van der Waals surface area contributed by atoms with E-state index >= 15 is 0 Å². The molecule has 0 amide bonds. The number of hydrogen-bond acceptors (Lipinski definition) is 2. The zero-order valence-electron chi connectivity index (χ0n) is 9.58. The maximum Gasteiger partial charge on any atom is 0.419 e. The van der Waals surface area contributed by atoms with E-state index in [4.69, 9.17) is 5.73 Å². The molecule has 0 spiro atoms. The summed E-state index contributed by atoms with van der Waals surface area (Å²) in [6.45, 7) is 1.74. The van der Waals surface area contributed by atoms with Gasteiger partial charge in [-0.2, -0.15) is 13.2 Å². The predicted octanol–water partition coefficient (Wildman–Crippen LogP) is 3.07. The highest BCUT2D eigenvalue weighted by Crippen LogP contribution is 2.36. The molecule has 0 radical (unpaired) electrons. The van der Waals surface area contributed by atoms with Crippen molar-refractivity contribution in [1.29, 1.82) is 0 Å². The molecule has 0 saturated carbocycles. The second-order valence-corrected chi connectivity index (χ2v) is 3.68. The second kappa shape index (κ2) is 5.23. The van der Waals surface area contributed by atoms with Crippen molar-refractivity contribution in [2.45, 2.75) is 19.1 Å². The third-order valence-electron chi connectivity index (χ3n) is 2.12. The van der Waals surface area contributed by atoms with Gasteiger partial charge in [-0.3, -0.25) is 0 Å². The van der Waals surface area contributed by atoms with Crippen molar-refractivity contribution < 1.29 is 17.9 Å². The van der Waals surface area contributed by atoms with Gasteiger partial charge < -0.3 is 10.5 Å². The van der Waals surface area contributed by atoms with Gasteiger partial charge in [-0.05, 0) is 24.6 Å². The van der Waals surface area contributed by atoms with Gasteiger partial charge in [0, 0.05) is 6.04 Å². The molecule has 17 heavy (non-hydrogen) atoms. The van der Waals surface area contributed by atoms with Crippen LogP contribution in [0, 0.1) is 0 Å². The van der Waals surface area contributed by atoms with Crippen LogP contribution in [0.3, 0.4) is 0 Å². The van der Waals surface area contributed by atoms with Gasteiger partial charge in [0.05, 0.1) is 12.7 Å². The number of benzene rings is 1. The van der Waals surface area contributed by atoms with Gasteiger partial charge >= 0.3 is 6.18 Å². The minimum atomic E-state index is -4.43. The summed E-state index contributed by atoms with van der Waals surface area (Å²) in [6, 6.07) is 3.68. The molecule has 94 valence electrons.